The van der Waals surface area contributed by atoms with Crippen LogP contribution in [0.5, 0.6) is 5.75 Å². The summed E-state index contributed by atoms with van der Waals surface area (Å²) < 4.78 is 32.8. The van der Waals surface area contributed by atoms with E-state index >= 15 is 0 Å². The Morgan fingerprint density at radius 2 is 1.69 bits per heavy atom. The van der Waals surface area contributed by atoms with Crippen molar-refractivity contribution in [3.05, 3.63) is 100 Å². The molecule has 5 nitrogen and oxygen atoms in total. The quantitative estimate of drug-likeness (QED) is 0.255. The van der Waals surface area contributed by atoms with Gasteiger partial charge >= 0.3 is 6.03 Å². The third kappa shape index (κ3) is 4.59. The SMILES string of the molecule is COc1ccc(N2Cc3nc(Sc4ccc(F)cc4F)ccc3N(c3c(Cl)cccc3Cl)C2=O)cc1. The van der Waals surface area contributed by atoms with Gasteiger partial charge in [0.1, 0.15) is 22.4 Å². The van der Waals surface area contributed by atoms with Gasteiger partial charge in [0, 0.05) is 16.6 Å². The molecular weight excluding hydrogens is 527 g/mol. The fourth-order valence-corrected chi connectivity index (χ4v) is 5.22. The number of ether oxygens (including phenoxy) is 1. The smallest absolute Gasteiger partial charge is 0.334 e. The van der Waals surface area contributed by atoms with E-state index in [0.29, 0.717) is 43.6 Å². The van der Waals surface area contributed by atoms with Crippen LogP contribution in [0.1, 0.15) is 5.69 Å². The van der Waals surface area contributed by atoms with Gasteiger partial charge < -0.3 is 4.74 Å². The maximum Gasteiger partial charge on any atom is 0.334 e. The minimum atomic E-state index is -0.681. The van der Waals surface area contributed by atoms with Crippen molar-refractivity contribution >= 4 is 58.1 Å². The molecule has 3 aromatic carbocycles. The summed E-state index contributed by atoms with van der Waals surface area (Å²) in [6.45, 7) is 0.152. The van der Waals surface area contributed by atoms with E-state index in [1.54, 1.807) is 66.6 Å². The van der Waals surface area contributed by atoms with Crippen molar-refractivity contribution in [1.82, 2.24) is 4.98 Å². The first kappa shape index (κ1) is 24.4. The number of anilines is 3. The summed E-state index contributed by atoms with van der Waals surface area (Å²) in [4.78, 5) is 21.7. The largest absolute Gasteiger partial charge is 0.497 e. The van der Waals surface area contributed by atoms with Crippen molar-refractivity contribution in [3.63, 3.8) is 0 Å². The summed E-state index contributed by atoms with van der Waals surface area (Å²) >= 11 is 14.0. The minimum absolute atomic E-state index is 0.152. The van der Waals surface area contributed by atoms with Crippen molar-refractivity contribution in [1.29, 1.82) is 0 Å². The zero-order valence-electron chi connectivity index (χ0n) is 18.7. The number of halogens is 4. The van der Waals surface area contributed by atoms with Crippen molar-refractivity contribution < 1.29 is 18.3 Å². The van der Waals surface area contributed by atoms with Gasteiger partial charge in [-0.3, -0.25) is 9.80 Å². The van der Waals surface area contributed by atoms with Gasteiger partial charge in [-0.2, -0.15) is 0 Å². The van der Waals surface area contributed by atoms with Crippen LogP contribution < -0.4 is 14.5 Å². The first-order valence-corrected chi connectivity index (χ1v) is 12.3. The number of hydrogen-bond acceptors (Lipinski definition) is 4. The summed E-state index contributed by atoms with van der Waals surface area (Å²) in [5.74, 6) is -0.692. The standard InChI is InChI=1S/C26H17Cl2F2N3O2S/c1-35-17-8-6-16(7-9-17)32-14-21-22(33(26(32)34)25-18(27)3-2-4-19(25)28)10-12-24(31-21)36-23-11-5-15(29)13-20(23)30/h2-13H,14H2,1H3. The molecule has 0 unspecified atom stereocenters. The molecule has 1 aliphatic heterocycles. The lowest BCUT2D eigenvalue weighted by atomic mass is 10.1. The maximum atomic E-state index is 14.3. The molecule has 0 atom stereocenters. The van der Waals surface area contributed by atoms with E-state index in [-0.39, 0.29) is 17.5 Å². The zero-order chi connectivity index (χ0) is 25.4. The van der Waals surface area contributed by atoms with Crippen LogP contribution >= 0.6 is 35.0 Å². The predicted octanol–water partition coefficient (Wildman–Crippen LogP) is 8.10. The highest BCUT2D eigenvalue weighted by atomic mass is 35.5. The predicted molar refractivity (Wildman–Crippen MR) is 138 cm³/mol. The highest BCUT2D eigenvalue weighted by Gasteiger charge is 2.35. The molecule has 1 aliphatic rings. The maximum absolute atomic E-state index is 14.3. The topological polar surface area (TPSA) is 45.7 Å². The first-order chi connectivity index (χ1) is 17.4. The Morgan fingerprint density at radius 3 is 2.36 bits per heavy atom. The summed E-state index contributed by atoms with van der Waals surface area (Å²) in [6.07, 6.45) is 0. The van der Waals surface area contributed by atoms with E-state index in [4.69, 9.17) is 32.9 Å². The van der Waals surface area contributed by atoms with Crippen LogP contribution in [0, 0.1) is 11.6 Å². The molecular formula is C26H17Cl2F2N3O2S. The van der Waals surface area contributed by atoms with Crippen LogP contribution in [0.4, 0.5) is 30.6 Å². The van der Waals surface area contributed by atoms with Crippen LogP contribution in [-0.4, -0.2) is 18.1 Å². The van der Waals surface area contributed by atoms with Crippen LogP contribution in [0.3, 0.4) is 0 Å². The van der Waals surface area contributed by atoms with Crippen molar-refractivity contribution in [2.45, 2.75) is 16.5 Å². The number of aromatic nitrogens is 1. The number of amides is 2. The van der Waals surface area contributed by atoms with Crippen LogP contribution in [0.25, 0.3) is 0 Å². The molecule has 182 valence electrons. The molecule has 0 bridgehead atoms. The first-order valence-electron chi connectivity index (χ1n) is 10.7. The Balaban J connectivity index is 1.61. The average molecular weight is 544 g/mol. The molecule has 0 aliphatic carbocycles. The summed E-state index contributed by atoms with van der Waals surface area (Å²) in [7, 11) is 1.56. The van der Waals surface area contributed by atoms with Crippen molar-refractivity contribution in [2.75, 3.05) is 16.9 Å². The lowest BCUT2D eigenvalue weighted by Crippen LogP contribution is -2.45. The number of pyridine rings is 1. The second-order valence-electron chi connectivity index (χ2n) is 7.76. The zero-order valence-corrected chi connectivity index (χ0v) is 21.0. The molecule has 0 fully saturated rings. The number of methoxy groups -OCH3 is 1. The number of fused-ring (bicyclic) bond motifs is 1. The molecule has 0 N–H and O–H groups in total. The summed E-state index contributed by atoms with van der Waals surface area (Å²) in [5.41, 5.74) is 2.00. The van der Waals surface area contributed by atoms with Gasteiger partial charge in [0.25, 0.3) is 0 Å². The molecule has 5 rings (SSSR count). The summed E-state index contributed by atoms with van der Waals surface area (Å²) in [6, 6.07) is 18.4. The fourth-order valence-electron chi connectivity index (χ4n) is 3.85. The Kier molecular flexibility index (Phi) is 6.75. The molecule has 36 heavy (non-hydrogen) atoms. The number of urea groups is 1. The van der Waals surface area contributed by atoms with Gasteiger partial charge in [-0.05, 0) is 60.7 Å². The van der Waals surface area contributed by atoms with Gasteiger partial charge in [-0.15, -0.1) is 0 Å². The molecule has 0 radical (unpaired) electrons. The summed E-state index contributed by atoms with van der Waals surface area (Å²) in [5, 5.41) is 1.07. The molecule has 2 heterocycles. The normalized spacial score (nSPS) is 13.1. The highest BCUT2D eigenvalue weighted by Crippen LogP contribution is 2.44. The van der Waals surface area contributed by atoms with Gasteiger partial charge in [0.05, 0.1) is 40.8 Å². The third-order valence-corrected chi connectivity index (χ3v) is 7.15. The lowest BCUT2D eigenvalue weighted by Gasteiger charge is -2.37. The molecule has 4 aromatic rings. The number of benzene rings is 3. The minimum Gasteiger partial charge on any atom is -0.497 e. The van der Waals surface area contributed by atoms with Gasteiger partial charge in [-0.25, -0.2) is 18.6 Å². The van der Waals surface area contributed by atoms with E-state index < -0.39 is 11.6 Å². The second-order valence-corrected chi connectivity index (χ2v) is 9.64. The molecule has 2 amide bonds. The van der Waals surface area contributed by atoms with Gasteiger partial charge in [0.2, 0.25) is 0 Å². The van der Waals surface area contributed by atoms with Crippen molar-refractivity contribution in [2.24, 2.45) is 0 Å². The average Bonchev–Trinajstić information content (AvgIpc) is 2.86. The molecule has 0 saturated heterocycles. The van der Waals surface area contributed by atoms with Crippen molar-refractivity contribution in [3.8, 4) is 5.75 Å². The van der Waals surface area contributed by atoms with E-state index in [0.717, 1.165) is 17.8 Å². The monoisotopic (exact) mass is 543 g/mol. The number of rotatable bonds is 5. The van der Waals surface area contributed by atoms with Crippen LogP contribution in [-0.2, 0) is 6.54 Å². The Morgan fingerprint density at radius 1 is 0.972 bits per heavy atom. The van der Waals surface area contributed by atoms with E-state index in [9.17, 15) is 13.6 Å². The Bertz CT molecular complexity index is 1450. The fraction of sp³-hybridized carbons (Fsp3) is 0.0769. The molecule has 0 saturated carbocycles. The second kappa shape index (κ2) is 9.97. The molecule has 10 heteroatoms. The lowest BCUT2D eigenvalue weighted by molar-refractivity contribution is 0.252. The number of nitrogens with zero attached hydrogens (tertiary/aromatic N) is 3. The number of para-hydroxylation sites is 1. The molecule has 1 aromatic heterocycles. The van der Waals surface area contributed by atoms with E-state index in [1.165, 1.54) is 17.0 Å². The highest BCUT2D eigenvalue weighted by molar-refractivity contribution is 7.99. The Hall–Kier alpha value is -3.33. The van der Waals surface area contributed by atoms with Gasteiger partial charge in [0.15, 0.2) is 0 Å². The number of hydrogen-bond donors (Lipinski definition) is 0. The number of carbonyl (C=O) groups is 1. The van der Waals surface area contributed by atoms with Crippen LogP contribution in [0.2, 0.25) is 10.0 Å². The third-order valence-electron chi connectivity index (χ3n) is 5.55. The number of carbonyl (C=O) groups excluding carboxylic acids is 1. The van der Waals surface area contributed by atoms with E-state index in [2.05, 4.69) is 0 Å². The Labute approximate surface area is 220 Å². The van der Waals surface area contributed by atoms with Crippen LogP contribution in [0.15, 0.2) is 82.7 Å². The van der Waals surface area contributed by atoms with E-state index in [1.807, 2.05) is 0 Å². The molecule has 0 spiro atoms. The van der Waals surface area contributed by atoms with Gasteiger partial charge in [-0.1, -0.05) is 41.0 Å².